The summed E-state index contributed by atoms with van der Waals surface area (Å²) in [7, 11) is 0. The molecule has 2 saturated heterocycles. The zero-order valence-corrected chi connectivity index (χ0v) is 19.2. The van der Waals surface area contributed by atoms with Crippen LogP contribution in [0.3, 0.4) is 0 Å². The van der Waals surface area contributed by atoms with Crippen molar-refractivity contribution in [2.24, 2.45) is 0 Å². The second-order valence-electron chi connectivity index (χ2n) is 8.11. The molecule has 4 unspecified atom stereocenters. The van der Waals surface area contributed by atoms with E-state index in [0.717, 1.165) is 0 Å². The van der Waals surface area contributed by atoms with E-state index in [9.17, 15) is 24.0 Å². The van der Waals surface area contributed by atoms with Gasteiger partial charge in [-0.25, -0.2) is 4.79 Å². The molecular weight excluding hydrogens is 420 g/mol. The predicted molar refractivity (Wildman–Crippen MR) is 113 cm³/mol. The van der Waals surface area contributed by atoms with Crippen molar-refractivity contribution < 1.29 is 33.4 Å². The maximum absolute atomic E-state index is 13.4. The Balaban J connectivity index is 2.15. The van der Waals surface area contributed by atoms with Gasteiger partial charge in [-0.2, -0.15) is 0 Å². The Morgan fingerprint density at radius 3 is 1.56 bits per heavy atom. The molecular formula is C21H34N4O7. The van der Waals surface area contributed by atoms with Crippen LogP contribution in [0.15, 0.2) is 0 Å². The van der Waals surface area contributed by atoms with Crippen LogP contribution in [-0.2, 0) is 28.7 Å². The molecule has 2 rings (SSSR count). The number of piperazine rings is 2. The Morgan fingerprint density at radius 2 is 1.22 bits per heavy atom. The number of esters is 2. The molecule has 0 saturated carbocycles. The monoisotopic (exact) mass is 454 g/mol. The highest BCUT2D eigenvalue weighted by atomic mass is 16.5. The number of urea groups is 1. The fraction of sp³-hybridized carbons (Fsp3) is 0.762. The molecule has 0 bridgehead atoms. The third kappa shape index (κ3) is 6.57. The lowest BCUT2D eigenvalue weighted by atomic mass is 10.1. The summed E-state index contributed by atoms with van der Waals surface area (Å²) >= 11 is 0. The summed E-state index contributed by atoms with van der Waals surface area (Å²) in [6.07, 6.45) is 0.0752. The summed E-state index contributed by atoms with van der Waals surface area (Å²) in [6.45, 7) is 8.03. The lowest BCUT2D eigenvalue weighted by molar-refractivity contribution is -0.152. The van der Waals surface area contributed by atoms with Gasteiger partial charge in [-0.3, -0.25) is 19.2 Å². The van der Waals surface area contributed by atoms with Crippen molar-refractivity contribution in [3.63, 3.8) is 0 Å². The zero-order chi connectivity index (χ0) is 23.8. The molecule has 2 fully saturated rings. The molecule has 0 aromatic rings. The average Bonchev–Trinajstić information content (AvgIpc) is 2.75. The summed E-state index contributed by atoms with van der Waals surface area (Å²) in [5.41, 5.74) is 0. The molecule has 2 aliphatic heterocycles. The normalized spacial score (nSPS) is 23.0. The van der Waals surface area contributed by atoms with Crippen LogP contribution in [0.5, 0.6) is 0 Å². The number of carbonyl (C=O) groups excluding carboxylic acids is 5. The van der Waals surface area contributed by atoms with Crippen molar-refractivity contribution in [1.29, 1.82) is 0 Å². The minimum absolute atomic E-state index is 0.175. The van der Waals surface area contributed by atoms with E-state index >= 15 is 0 Å². The molecule has 0 aliphatic carbocycles. The molecule has 0 aromatic carbocycles. The van der Waals surface area contributed by atoms with Gasteiger partial charge in [-0.05, 0) is 26.7 Å². The van der Waals surface area contributed by atoms with Gasteiger partial charge in [-0.15, -0.1) is 0 Å². The van der Waals surface area contributed by atoms with Crippen LogP contribution in [-0.4, -0.2) is 90.1 Å². The molecule has 32 heavy (non-hydrogen) atoms. The van der Waals surface area contributed by atoms with Gasteiger partial charge in [0.15, 0.2) is 0 Å². The Bertz CT molecular complexity index is 671. The van der Waals surface area contributed by atoms with Crippen molar-refractivity contribution in [2.45, 2.75) is 77.7 Å². The summed E-state index contributed by atoms with van der Waals surface area (Å²) in [6, 6.07) is -2.67. The van der Waals surface area contributed by atoms with Gasteiger partial charge in [0.1, 0.15) is 12.1 Å². The molecule has 4 amide bonds. The number of nitrogens with one attached hydrogen (secondary N) is 2. The fourth-order valence-electron chi connectivity index (χ4n) is 3.49. The molecule has 0 aromatic heterocycles. The highest BCUT2D eigenvalue weighted by molar-refractivity contribution is 5.95. The molecule has 0 spiro atoms. The molecule has 4 atom stereocenters. The zero-order valence-electron chi connectivity index (χ0n) is 19.2. The number of carbonyl (C=O) groups is 5. The molecule has 2 aliphatic rings. The summed E-state index contributed by atoms with van der Waals surface area (Å²) < 4.78 is 10.5. The number of rotatable bonds is 8. The highest BCUT2D eigenvalue weighted by Gasteiger charge is 2.42. The Kier molecular flexibility index (Phi) is 9.27. The minimum atomic E-state index is -1.05. The lowest BCUT2D eigenvalue weighted by Gasteiger charge is -2.41. The lowest BCUT2D eigenvalue weighted by Crippen LogP contribution is -2.65. The van der Waals surface area contributed by atoms with E-state index in [1.807, 2.05) is 13.8 Å². The summed E-state index contributed by atoms with van der Waals surface area (Å²) in [5.74, 6) is -2.08. The minimum Gasteiger partial charge on any atom is -0.463 e. The SMILES string of the molecule is CCC(C)OC(=O)CC1C(=O)NCCN1C(=O)N1CCNC(=O)C1CC(=O)OC(C)CC. The van der Waals surface area contributed by atoms with Crippen LogP contribution >= 0.6 is 0 Å². The number of ether oxygens (including phenoxy) is 2. The largest absolute Gasteiger partial charge is 0.463 e. The third-order valence-corrected chi connectivity index (χ3v) is 5.69. The maximum atomic E-state index is 13.4. The maximum Gasteiger partial charge on any atom is 0.321 e. The quantitative estimate of drug-likeness (QED) is 0.499. The Morgan fingerprint density at radius 1 is 0.844 bits per heavy atom. The van der Waals surface area contributed by atoms with Gasteiger partial charge in [0.25, 0.3) is 0 Å². The van der Waals surface area contributed by atoms with Crippen molar-refractivity contribution in [3.8, 4) is 0 Å². The molecule has 2 heterocycles. The molecule has 180 valence electrons. The van der Waals surface area contributed by atoms with Gasteiger partial charge >= 0.3 is 18.0 Å². The Hall–Kier alpha value is -2.85. The fourth-order valence-corrected chi connectivity index (χ4v) is 3.49. The van der Waals surface area contributed by atoms with Crippen molar-refractivity contribution in [1.82, 2.24) is 20.4 Å². The second kappa shape index (κ2) is 11.7. The van der Waals surface area contributed by atoms with Crippen LogP contribution < -0.4 is 10.6 Å². The van der Waals surface area contributed by atoms with Gasteiger partial charge < -0.3 is 29.9 Å². The predicted octanol–water partition coefficient (Wildman–Crippen LogP) is 0.171. The van der Waals surface area contributed by atoms with E-state index in [1.54, 1.807) is 13.8 Å². The van der Waals surface area contributed by atoms with E-state index in [1.165, 1.54) is 9.80 Å². The third-order valence-electron chi connectivity index (χ3n) is 5.69. The van der Waals surface area contributed by atoms with E-state index < -0.39 is 41.9 Å². The van der Waals surface area contributed by atoms with Crippen LogP contribution in [0.25, 0.3) is 0 Å². The van der Waals surface area contributed by atoms with E-state index in [2.05, 4.69) is 10.6 Å². The smallest absolute Gasteiger partial charge is 0.321 e. The highest BCUT2D eigenvalue weighted by Crippen LogP contribution is 2.19. The van der Waals surface area contributed by atoms with Crippen molar-refractivity contribution in [2.75, 3.05) is 26.2 Å². The van der Waals surface area contributed by atoms with Crippen LogP contribution in [0.2, 0.25) is 0 Å². The first kappa shape index (κ1) is 25.4. The first-order chi connectivity index (χ1) is 15.2. The molecule has 2 N–H and O–H groups in total. The topological polar surface area (TPSA) is 134 Å². The Labute approximate surface area is 188 Å². The number of hydrogen-bond donors (Lipinski definition) is 2. The summed E-state index contributed by atoms with van der Waals surface area (Å²) in [4.78, 5) is 65.5. The van der Waals surface area contributed by atoms with Gasteiger partial charge in [-0.1, -0.05) is 13.8 Å². The second-order valence-corrected chi connectivity index (χ2v) is 8.11. The first-order valence-corrected chi connectivity index (χ1v) is 11.2. The van der Waals surface area contributed by atoms with Crippen molar-refractivity contribution >= 4 is 29.8 Å². The van der Waals surface area contributed by atoms with E-state index in [0.29, 0.717) is 12.8 Å². The van der Waals surface area contributed by atoms with Crippen LogP contribution in [0.1, 0.15) is 53.4 Å². The van der Waals surface area contributed by atoms with Crippen LogP contribution in [0, 0.1) is 0 Å². The molecule has 11 nitrogen and oxygen atoms in total. The van der Waals surface area contributed by atoms with E-state index in [-0.39, 0.29) is 51.2 Å². The number of nitrogens with zero attached hydrogens (tertiary/aromatic N) is 2. The van der Waals surface area contributed by atoms with Crippen LogP contribution in [0.4, 0.5) is 4.79 Å². The van der Waals surface area contributed by atoms with E-state index in [4.69, 9.17) is 9.47 Å². The molecule has 0 radical (unpaired) electrons. The van der Waals surface area contributed by atoms with Gasteiger partial charge in [0.05, 0.1) is 25.0 Å². The number of amides is 4. The average molecular weight is 455 g/mol. The summed E-state index contributed by atoms with van der Waals surface area (Å²) in [5, 5.41) is 5.32. The standard InChI is InChI=1S/C21H34N4O7/c1-5-13(3)31-17(26)11-15-19(28)22-7-9-24(15)21(30)25-10-8-23-20(29)16(25)12-18(27)32-14(4)6-2/h13-16H,5-12H2,1-4H3,(H,22,28)(H,23,29). The molecule has 11 heteroatoms. The first-order valence-electron chi connectivity index (χ1n) is 11.2. The van der Waals surface area contributed by atoms with Gasteiger partial charge in [0, 0.05) is 26.2 Å². The number of hydrogen-bond acceptors (Lipinski definition) is 7. The van der Waals surface area contributed by atoms with Crippen molar-refractivity contribution in [3.05, 3.63) is 0 Å². The van der Waals surface area contributed by atoms with Gasteiger partial charge in [0.2, 0.25) is 11.8 Å².